The molecule has 0 radical (unpaired) electrons. The summed E-state index contributed by atoms with van der Waals surface area (Å²) in [6.45, 7) is 5.29. The molecule has 2 amide bonds. The minimum Gasteiger partial charge on any atom is -0.375 e. The van der Waals surface area contributed by atoms with Gasteiger partial charge in [-0.05, 0) is 35.9 Å². The maximum absolute atomic E-state index is 12.5. The first kappa shape index (κ1) is 20.0. The molecule has 2 aromatic rings. The van der Waals surface area contributed by atoms with E-state index in [0.29, 0.717) is 11.4 Å². The lowest BCUT2D eigenvalue weighted by Gasteiger charge is -2.22. The lowest BCUT2D eigenvalue weighted by atomic mass is 10.0. The Kier molecular flexibility index (Phi) is 7.66. The average Bonchev–Trinajstić information content (AvgIpc) is 3.18. The summed E-state index contributed by atoms with van der Waals surface area (Å²) in [7, 11) is 2.04. The number of nitrogens with one attached hydrogen (secondary N) is 2. The van der Waals surface area contributed by atoms with Crippen molar-refractivity contribution in [3.63, 3.8) is 0 Å². The first-order chi connectivity index (χ1) is 12.5. The Morgan fingerprint density at radius 2 is 1.85 bits per heavy atom. The van der Waals surface area contributed by atoms with Gasteiger partial charge in [-0.15, -0.1) is 11.3 Å². The van der Waals surface area contributed by atoms with E-state index in [9.17, 15) is 9.59 Å². The number of carbonyl (C=O) groups excluding carboxylic acids is 2. The van der Waals surface area contributed by atoms with E-state index in [1.807, 2.05) is 50.5 Å². The normalized spacial score (nSPS) is 11.8. The third kappa shape index (κ3) is 5.88. The van der Waals surface area contributed by atoms with Crippen molar-refractivity contribution in [2.75, 3.05) is 25.0 Å². The summed E-state index contributed by atoms with van der Waals surface area (Å²) in [4.78, 5) is 27.5. The van der Waals surface area contributed by atoms with Crippen molar-refractivity contribution in [3.05, 3.63) is 52.7 Å². The van der Waals surface area contributed by atoms with Crippen molar-refractivity contribution in [2.24, 2.45) is 5.92 Å². The number of amides is 2. The zero-order valence-corrected chi connectivity index (χ0v) is 16.4. The minimum atomic E-state index is -0.531. The Bertz CT molecular complexity index is 686. The van der Waals surface area contributed by atoms with Gasteiger partial charge < -0.3 is 15.5 Å². The third-order valence-electron chi connectivity index (χ3n) is 4.15. The molecular weight excluding hydrogens is 346 g/mol. The number of thiophene rings is 1. The molecule has 1 aromatic heterocycles. The number of rotatable bonds is 9. The van der Waals surface area contributed by atoms with E-state index in [2.05, 4.69) is 27.7 Å². The largest absolute Gasteiger partial charge is 0.375 e. The van der Waals surface area contributed by atoms with Crippen LogP contribution in [-0.4, -0.2) is 38.0 Å². The molecule has 0 bridgehead atoms. The van der Waals surface area contributed by atoms with Crippen molar-refractivity contribution in [3.8, 4) is 0 Å². The van der Waals surface area contributed by atoms with Crippen LogP contribution < -0.4 is 15.5 Å². The summed E-state index contributed by atoms with van der Waals surface area (Å²) in [5, 5.41) is 7.64. The van der Waals surface area contributed by atoms with Gasteiger partial charge in [0.1, 0.15) is 6.04 Å². The molecule has 6 heteroatoms. The van der Waals surface area contributed by atoms with Crippen LogP contribution in [0.2, 0.25) is 0 Å². The SMILES string of the molecule is CC(C)[C@@H](NC(=O)c1cccs1)C(=O)NCCCN(C)c1ccccc1. The summed E-state index contributed by atoms with van der Waals surface area (Å²) in [5.74, 6) is -0.309. The van der Waals surface area contributed by atoms with Crippen molar-refractivity contribution in [1.29, 1.82) is 0 Å². The molecule has 1 aromatic carbocycles. The highest BCUT2D eigenvalue weighted by molar-refractivity contribution is 7.12. The number of hydrogen-bond donors (Lipinski definition) is 2. The van der Waals surface area contributed by atoms with Crippen LogP contribution in [-0.2, 0) is 4.79 Å². The summed E-state index contributed by atoms with van der Waals surface area (Å²) < 4.78 is 0. The van der Waals surface area contributed by atoms with E-state index in [1.54, 1.807) is 6.07 Å². The molecular formula is C20H27N3O2S. The van der Waals surface area contributed by atoms with Gasteiger partial charge in [-0.1, -0.05) is 38.1 Å². The van der Waals surface area contributed by atoms with E-state index in [-0.39, 0.29) is 17.7 Å². The van der Waals surface area contributed by atoms with Crippen LogP contribution in [0.25, 0.3) is 0 Å². The van der Waals surface area contributed by atoms with Gasteiger partial charge in [-0.2, -0.15) is 0 Å². The summed E-state index contributed by atoms with van der Waals surface area (Å²) in [5.41, 5.74) is 1.15. The summed E-state index contributed by atoms with van der Waals surface area (Å²) in [6, 6.07) is 13.2. The van der Waals surface area contributed by atoms with Crippen LogP contribution in [0, 0.1) is 5.92 Å². The molecule has 0 spiro atoms. The fourth-order valence-electron chi connectivity index (χ4n) is 2.60. The zero-order valence-electron chi connectivity index (χ0n) is 15.6. The predicted octanol–water partition coefficient (Wildman–Crippen LogP) is 3.15. The second-order valence-corrected chi connectivity index (χ2v) is 7.52. The monoisotopic (exact) mass is 373 g/mol. The number of nitrogens with zero attached hydrogens (tertiary/aromatic N) is 1. The minimum absolute atomic E-state index is 0.0194. The number of para-hydroxylation sites is 1. The fraction of sp³-hybridized carbons (Fsp3) is 0.400. The fourth-order valence-corrected chi connectivity index (χ4v) is 3.23. The predicted molar refractivity (Wildman–Crippen MR) is 108 cm³/mol. The van der Waals surface area contributed by atoms with Crippen LogP contribution in [0.5, 0.6) is 0 Å². The Morgan fingerprint density at radius 1 is 1.12 bits per heavy atom. The molecule has 0 fully saturated rings. The lowest BCUT2D eigenvalue weighted by Crippen LogP contribution is -2.49. The van der Waals surface area contributed by atoms with E-state index in [4.69, 9.17) is 0 Å². The number of anilines is 1. The molecule has 26 heavy (non-hydrogen) atoms. The molecule has 0 saturated heterocycles. The molecule has 0 aliphatic rings. The van der Waals surface area contributed by atoms with E-state index in [0.717, 1.165) is 18.7 Å². The van der Waals surface area contributed by atoms with Gasteiger partial charge >= 0.3 is 0 Å². The Balaban J connectivity index is 1.77. The molecule has 0 aliphatic heterocycles. The number of carbonyl (C=O) groups is 2. The van der Waals surface area contributed by atoms with E-state index in [1.165, 1.54) is 11.3 Å². The maximum Gasteiger partial charge on any atom is 0.262 e. The average molecular weight is 374 g/mol. The highest BCUT2D eigenvalue weighted by Crippen LogP contribution is 2.11. The first-order valence-corrected chi connectivity index (χ1v) is 9.75. The van der Waals surface area contributed by atoms with Gasteiger partial charge in [0.05, 0.1) is 4.88 Å². The standard InChI is InChI=1S/C20H27N3O2S/c1-15(2)18(22-19(24)17-11-7-14-26-17)20(25)21-12-8-13-23(3)16-9-5-4-6-10-16/h4-7,9-11,14-15,18H,8,12-13H2,1-3H3,(H,21,25)(H,22,24)/t18-/m1/s1. The molecule has 2 N–H and O–H groups in total. The van der Waals surface area contributed by atoms with Gasteiger partial charge in [-0.3, -0.25) is 9.59 Å². The molecule has 0 unspecified atom stereocenters. The Hall–Kier alpha value is -2.34. The third-order valence-corrected chi connectivity index (χ3v) is 5.02. The van der Waals surface area contributed by atoms with Crippen molar-refractivity contribution in [1.82, 2.24) is 10.6 Å². The first-order valence-electron chi connectivity index (χ1n) is 8.87. The van der Waals surface area contributed by atoms with Gasteiger partial charge in [0.2, 0.25) is 5.91 Å². The zero-order chi connectivity index (χ0) is 18.9. The highest BCUT2D eigenvalue weighted by Gasteiger charge is 2.24. The van der Waals surface area contributed by atoms with Crippen LogP contribution in [0.15, 0.2) is 47.8 Å². The van der Waals surface area contributed by atoms with Crippen LogP contribution in [0.3, 0.4) is 0 Å². The Morgan fingerprint density at radius 3 is 2.46 bits per heavy atom. The van der Waals surface area contributed by atoms with Gasteiger partial charge in [0, 0.05) is 25.8 Å². The highest BCUT2D eigenvalue weighted by atomic mass is 32.1. The van der Waals surface area contributed by atoms with Gasteiger partial charge in [-0.25, -0.2) is 0 Å². The molecule has 140 valence electrons. The van der Waals surface area contributed by atoms with Crippen LogP contribution in [0.1, 0.15) is 29.9 Å². The maximum atomic E-state index is 12.5. The molecule has 0 aliphatic carbocycles. The van der Waals surface area contributed by atoms with Crippen LogP contribution >= 0.6 is 11.3 Å². The van der Waals surface area contributed by atoms with Crippen molar-refractivity contribution in [2.45, 2.75) is 26.3 Å². The van der Waals surface area contributed by atoms with Gasteiger partial charge in [0.25, 0.3) is 5.91 Å². The molecule has 1 heterocycles. The van der Waals surface area contributed by atoms with Crippen molar-refractivity contribution >= 4 is 28.8 Å². The van der Waals surface area contributed by atoms with Crippen molar-refractivity contribution < 1.29 is 9.59 Å². The van der Waals surface area contributed by atoms with E-state index >= 15 is 0 Å². The quantitative estimate of drug-likeness (QED) is 0.664. The van der Waals surface area contributed by atoms with E-state index < -0.39 is 6.04 Å². The number of benzene rings is 1. The molecule has 2 rings (SSSR count). The molecule has 1 atom stereocenters. The van der Waals surface area contributed by atoms with Crippen LogP contribution in [0.4, 0.5) is 5.69 Å². The smallest absolute Gasteiger partial charge is 0.262 e. The topological polar surface area (TPSA) is 61.4 Å². The lowest BCUT2D eigenvalue weighted by molar-refractivity contribution is -0.123. The molecule has 0 saturated carbocycles. The summed E-state index contributed by atoms with van der Waals surface area (Å²) in [6.07, 6.45) is 0.834. The Labute approximate surface area is 159 Å². The second kappa shape index (κ2) is 9.97. The molecule has 5 nitrogen and oxygen atoms in total. The summed E-state index contributed by atoms with van der Waals surface area (Å²) >= 11 is 1.37. The number of hydrogen-bond acceptors (Lipinski definition) is 4. The second-order valence-electron chi connectivity index (χ2n) is 6.57. The van der Waals surface area contributed by atoms with Gasteiger partial charge in [0.15, 0.2) is 0 Å².